The number of carbonyl (C=O) groups is 2. The van der Waals surface area contributed by atoms with E-state index < -0.39 is 5.97 Å². The molecule has 1 fully saturated rings. The molecule has 0 aliphatic carbocycles. The molecule has 1 atom stereocenters. The van der Waals surface area contributed by atoms with Gasteiger partial charge in [-0.15, -0.1) is 0 Å². The van der Waals surface area contributed by atoms with E-state index in [0.29, 0.717) is 12.1 Å². The molecule has 1 heterocycles. The van der Waals surface area contributed by atoms with Crippen LogP contribution in [0.1, 0.15) is 23.2 Å². The molecule has 6 nitrogen and oxygen atoms in total. The van der Waals surface area contributed by atoms with Crippen molar-refractivity contribution < 1.29 is 24.2 Å². The van der Waals surface area contributed by atoms with Gasteiger partial charge in [0.15, 0.2) is 6.61 Å². The lowest BCUT2D eigenvalue weighted by Crippen LogP contribution is -2.34. The van der Waals surface area contributed by atoms with Crippen molar-refractivity contribution in [2.24, 2.45) is 0 Å². The predicted octanol–water partition coefficient (Wildman–Crippen LogP) is 2.51. The molecule has 1 amide bonds. The average Bonchev–Trinajstić information content (AvgIpc) is 3.19. The molecule has 0 aromatic heterocycles. The molecule has 26 heavy (non-hydrogen) atoms. The van der Waals surface area contributed by atoms with Gasteiger partial charge in [-0.25, -0.2) is 4.79 Å². The Hall–Kier alpha value is -2.86. The van der Waals surface area contributed by atoms with E-state index in [2.05, 4.69) is 5.32 Å². The van der Waals surface area contributed by atoms with Gasteiger partial charge < -0.3 is 19.9 Å². The number of phenolic OH excluding ortho intramolecular Hbond substituents is 1. The van der Waals surface area contributed by atoms with E-state index in [9.17, 15) is 14.7 Å². The molecule has 2 aromatic rings. The van der Waals surface area contributed by atoms with Crippen LogP contribution in [0, 0.1) is 0 Å². The molecule has 1 unspecified atom stereocenters. The summed E-state index contributed by atoms with van der Waals surface area (Å²) < 4.78 is 10.5. The molecule has 6 heteroatoms. The highest BCUT2D eigenvalue weighted by atomic mass is 16.5. The molecular formula is C20H21NO5. The molecule has 2 N–H and O–H groups in total. The largest absolute Gasteiger partial charge is 0.508 e. The summed E-state index contributed by atoms with van der Waals surface area (Å²) in [6, 6.07) is 13.7. The van der Waals surface area contributed by atoms with Crippen molar-refractivity contribution in [2.75, 3.05) is 19.8 Å². The van der Waals surface area contributed by atoms with E-state index in [1.807, 2.05) is 0 Å². The first kappa shape index (κ1) is 17.9. The molecule has 2 aromatic carbocycles. The van der Waals surface area contributed by atoms with E-state index in [0.717, 1.165) is 30.6 Å². The summed E-state index contributed by atoms with van der Waals surface area (Å²) in [6.45, 7) is 0.860. The van der Waals surface area contributed by atoms with Crippen LogP contribution in [0.5, 0.6) is 5.75 Å². The van der Waals surface area contributed by atoms with Gasteiger partial charge in [0.1, 0.15) is 5.75 Å². The van der Waals surface area contributed by atoms with Gasteiger partial charge in [0.2, 0.25) is 0 Å². The van der Waals surface area contributed by atoms with Gasteiger partial charge >= 0.3 is 5.97 Å². The van der Waals surface area contributed by atoms with E-state index in [1.165, 1.54) is 0 Å². The lowest BCUT2D eigenvalue weighted by atomic mass is 10.0. The Morgan fingerprint density at radius 1 is 1.08 bits per heavy atom. The van der Waals surface area contributed by atoms with Gasteiger partial charge in [0.25, 0.3) is 5.91 Å². The standard InChI is InChI=1S/C20H21NO5/c22-17-9-7-15(8-10-17)14-3-5-16(6-4-14)20(24)26-13-19(23)21-12-18-2-1-11-25-18/h3-10,18,22H,1-2,11-13H2,(H,21,23). The highest BCUT2D eigenvalue weighted by Gasteiger charge is 2.17. The van der Waals surface area contributed by atoms with Crippen molar-refractivity contribution >= 4 is 11.9 Å². The van der Waals surface area contributed by atoms with E-state index >= 15 is 0 Å². The first-order valence-corrected chi connectivity index (χ1v) is 8.57. The van der Waals surface area contributed by atoms with E-state index in [-0.39, 0.29) is 24.4 Å². The Morgan fingerprint density at radius 3 is 2.35 bits per heavy atom. The number of nitrogens with one attached hydrogen (secondary N) is 1. The number of ether oxygens (including phenoxy) is 2. The maximum Gasteiger partial charge on any atom is 0.338 e. The third-order valence-electron chi connectivity index (χ3n) is 4.21. The first-order chi connectivity index (χ1) is 12.6. The van der Waals surface area contributed by atoms with Crippen LogP contribution in [0.4, 0.5) is 0 Å². The predicted molar refractivity (Wildman–Crippen MR) is 95.8 cm³/mol. The fourth-order valence-corrected chi connectivity index (χ4v) is 2.75. The van der Waals surface area contributed by atoms with Crippen LogP contribution in [0.25, 0.3) is 11.1 Å². The van der Waals surface area contributed by atoms with Gasteiger partial charge in [-0.1, -0.05) is 24.3 Å². The first-order valence-electron chi connectivity index (χ1n) is 8.57. The zero-order valence-corrected chi connectivity index (χ0v) is 14.3. The number of amides is 1. The molecule has 3 rings (SSSR count). The SMILES string of the molecule is O=C(COC(=O)c1ccc(-c2ccc(O)cc2)cc1)NCC1CCCO1. The molecule has 1 aliphatic heterocycles. The quantitative estimate of drug-likeness (QED) is 0.778. The fourth-order valence-electron chi connectivity index (χ4n) is 2.75. The third kappa shape index (κ3) is 4.83. The maximum absolute atomic E-state index is 12.0. The number of rotatable bonds is 6. The molecular weight excluding hydrogens is 334 g/mol. The van der Waals surface area contributed by atoms with Crippen LogP contribution in [0.15, 0.2) is 48.5 Å². The zero-order valence-electron chi connectivity index (χ0n) is 14.3. The van der Waals surface area contributed by atoms with E-state index in [4.69, 9.17) is 9.47 Å². The summed E-state index contributed by atoms with van der Waals surface area (Å²) >= 11 is 0. The Balaban J connectivity index is 1.48. The Labute approximate surface area is 151 Å². The van der Waals surface area contributed by atoms with Crippen molar-refractivity contribution in [3.8, 4) is 16.9 Å². The lowest BCUT2D eigenvalue weighted by molar-refractivity contribution is -0.124. The summed E-state index contributed by atoms with van der Waals surface area (Å²) in [6.07, 6.45) is 2.01. The van der Waals surface area contributed by atoms with Crippen LogP contribution in [-0.2, 0) is 14.3 Å². The lowest BCUT2D eigenvalue weighted by Gasteiger charge is -2.11. The summed E-state index contributed by atoms with van der Waals surface area (Å²) in [4.78, 5) is 23.8. The second-order valence-electron chi connectivity index (χ2n) is 6.14. The van der Waals surface area contributed by atoms with Crippen LogP contribution < -0.4 is 5.32 Å². The highest BCUT2D eigenvalue weighted by Crippen LogP contribution is 2.22. The normalized spacial score (nSPS) is 16.2. The summed E-state index contributed by atoms with van der Waals surface area (Å²) in [5.74, 6) is -0.684. The molecule has 0 bridgehead atoms. The molecule has 136 valence electrons. The third-order valence-corrected chi connectivity index (χ3v) is 4.21. The number of carbonyl (C=O) groups excluding carboxylic acids is 2. The summed E-state index contributed by atoms with van der Waals surface area (Å²) in [5, 5.41) is 12.0. The molecule has 0 spiro atoms. The number of hydrogen-bond acceptors (Lipinski definition) is 5. The van der Waals surface area contributed by atoms with Crippen molar-refractivity contribution in [3.63, 3.8) is 0 Å². The minimum Gasteiger partial charge on any atom is -0.508 e. The maximum atomic E-state index is 12.0. The highest BCUT2D eigenvalue weighted by molar-refractivity contribution is 5.91. The van der Waals surface area contributed by atoms with Crippen LogP contribution in [-0.4, -0.2) is 42.8 Å². The Kier molecular flexibility index (Phi) is 5.86. The summed E-state index contributed by atoms with van der Waals surface area (Å²) in [5.41, 5.74) is 2.21. The Morgan fingerprint density at radius 2 is 1.73 bits per heavy atom. The van der Waals surface area contributed by atoms with E-state index in [1.54, 1.807) is 48.5 Å². The monoisotopic (exact) mass is 355 g/mol. The zero-order chi connectivity index (χ0) is 18.4. The number of phenols is 1. The minimum atomic E-state index is -0.547. The van der Waals surface area contributed by atoms with Gasteiger partial charge in [0, 0.05) is 13.2 Å². The molecule has 0 saturated carbocycles. The minimum absolute atomic E-state index is 0.0575. The number of aromatic hydroxyl groups is 1. The average molecular weight is 355 g/mol. The number of hydrogen-bond donors (Lipinski definition) is 2. The van der Waals surface area contributed by atoms with Gasteiger partial charge in [-0.2, -0.15) is 0 Å². The molecule has 1 saturated heterocycles. The van der Waals surface area contributed by atoms with Gasteiger partial charge in [0.05, 0.1) is 11.7 Å². The number of benzene rings is 2. The fraction of sp³-hybridized carbons (Fsp3) is 0.300. The van der Waals surface area contributed by atoms with Crippen molar-refractivity contribution in [1.29, 1.82) is 0 Å². The van der Waals surface area contributed by atoms with Crippen molar-refractivity contribution in [3.05, 3.63) is 54.1 Å². The van der Waals surface area contributed by atoms with Crippen LogP contribution >= 0.6 is 0 Å². The van der Waals surface area contributed by atoms with Gasteiger partial charge in [-0.05, 0) is 48.2 Å². The number of esters is 1. The topological polar surface area (TPSA) is 84.9 Å². The second-order valence-corrected chi connectivity index (χ2v) is 6.14. The van der Waals surface area contributed by atoms with Crippen molar-refractivity contribution in [2.45, 2.75) is 18.9 Å². The van der Waals surface area contributed by atoms with Crippen molar-refractivity contribution in [1.82, 2.24) is 5.32 Å². The van der Waals surface area contributed by atoms with Crippen LogP contribution in [0.3, 0.4) is 0 Å². The Bertz CT molecular complexity index is 749. The van der Waals surface area contributed by atoms with Crippen LogP contribution in [0.2, 0.25) is 0 Å². The smallest absolute Gasteiger partial charge is 0.338 e. The second kappa shape index (κ2) is 8.49. The van der Waals surface area contributed by atoms with Gasteiger partial charge in [-0.3, -0.25) is 4.79 Å². The molecule has 0 radical (unpaired) electrons. The molecule has 1 aliphatic rings. The summed E-state index contributed by atoms with van der Waals surface area (Å²) in [7, 11) is 0.